The molecule has 0 amide bonds. The molecule has 2 rings (SSSR count). The molecule has 1 aliphatic heterocycles. The van der Waals surface area contributed by atoms with Crippen molar-refractivity contribution in [1.29, 1.82) is 0 Å². The van der Waals surface area contributed by atoms with E-state index in [1.807, 2.05) is 0 Å². The van der Waals surface area contributed by atoms with E-state index in [9.17, 15) is 0 Å². The SMILES string of the molecule is CN1CCC[C@H]1/C=C/c1ccccc1. The number of hydrogen-bond acceptors (Lipinski definition) is 1. The lowest BCUT2D eigenvalue weighted by molar-refractivity contribution is 0.358. The Balaban J connectivity index is 2.00. The van der Waals surface area contributed by atoms with Gasteiger partial charge in [0.25, 0.3) is 0 Å². The third kappa shape index (κ3) is 2.24. The van der Waals surface area contributed by atoms with Crippen LogP contribution >= 0.6 is 0 Å². The second-order valence-corrected chi connectivity index (χ2v) is 3.96. The Morgan fingerprint density at radius 3 is 2.71 bits per heavy atom. The number of likely N-dealkylation sites (tertiary alicyclic amines) is 1. The Morgan fingerprint density at radius 2 is 2.07 bits per heavy atom. The fourth-order valence-electron chi connectivity index (χ4n) is 1.97. The molecule has 1 saturated heterocycles. The van der Waals surface area contributed by atoms with Crippen molar-refractivity contribution in [1.82, 2.24) is 4.90 Å². The summed E-state index contributed by atoms with van der Waals surface area (Å²) in [5.41, 5.74) is 1.30. The third-order valence-corrected chi connectivity index (χ3v) is 2.89. The van der Waals surface area contributed by atoms with Gasteiger partial charge in [0, 0.05) is 6.04 Å². The van der Waals surface area contributed by atoms with Gasteiger partial charge in [-0.1, -0.05) is 42.5 Å². The zero-order valence-corrected chi connectivity index (χ0v) is 8.69. The molecule has 0 spiro atoms. The molecule has 74 valence electrons. The second-order valence-electron chi connectivity index (χ2n) is 3.96. The Bertz CT molecular complexity index is 302. The van der Waals surface area contributed by atoms with E-state index in [1.54, 1.807) is 0 Å². The van der Waals surface area contributed by atoms with Gasteiger partial charge in [0.05, 0.1) is 0 Å². The summed E-state index contributed by atoms with van der Waals surface area (Å²) < 4.78 is 0. The van der Waals surface area contributed by atoms with Crippen molar-refractivity contribution < 1.29 is 0 Å². The predicted octanol–water partition coefficient (Wildman–Crippen LogP) is 2.79. The van der Waals surface area contributed by atoms with Crippen LogP contribution in [0.15, 0.2) is 36.4 Å². The summed E-state index contributed by atoms with van der Waals surface area (Å²) in [5.74, 6) is 0. The molecule has 14 heavy (non-hydrogen) atoms. The molecule has 1 heterocycles. The molecule has 0 aromatic heterocycles. The van der Waals surface area contributed by atoms with Gasteiger partial charge >= 0.3 is 0 Å². The van der Waals surface area contributed by atoms with Crippen LogP contribution in [0.25, 0.3) is 6.08 Å². The maximum atomic E-state index is 2.42. The monoisotopic (exact) mass is 187 g/mol. The van der Waals surface area contributed by atoms with Crippen LogP contribution in [0, 0.1) is 0 Å². The minimum atomic E-state index is 0.648. The van der Waals surface area contributed by atoms with E-state index in [2.05, 4.69) is 54.4 Å². The first-order valence-electron chi connectivity index (χ1n) is 5.30. The summed E-state index contributed by atoms with van der Waals surface area (Å²) in [5, 5.41) is 0. The van der Waals surface area contributed by atoms with Gasteiger partial charge in [-0.3, -0.25) is 4.90 Å². The van der Waals surface area contributed by atoms with Crippen molar-refractivity contribution in [3.05, 3.63) is 42.0 Å². The molecule has 1 nitrogen and oxygen atoms in total. The van der Waals surface area contributed by atoms with Gasteiger partial charge in [-0.05, 0) is 32.0 Å². The molecule has 0 saturated carbocycles. The number of hydrogen-bond donors (Lipinski definition) is 0. The maximum Gasteiger partial charge on any atom is 0.0278 e. The highest BCUT2D eigenvalue weighted by atomic mass is 15.1. The average molecular weight is 187 g/mol. The molecule has 0 aliphatic carbocycles. The fraction of sp³-hybridized carbons (Fsp3) is 0.385. The number of nitrogens with zero attached hydrogens (tertiary/aromatic N) is 1. The Labute approximate surface area is 86.1 Å². The highest BCUT2D eigenvalue weighted by Gasteiger charge is 2.17. The number of benzene rings is 1. The van der Waals surface area contributed by atoms with Gasteiger partial charge in [0.1, 0.15) is 0 Å². The van der Waals surface area contributed by atoms with Crippen LogP contribution in [0.4, 0.5) is 0 Å². The van der Waals surface area contributed by atoms with E-state index < -0.39 is 0 Å². The average Bonchev–Trinajstić information content (AvgIpc) is 2.63. The minimum Gasteiger partial charge on any atom is -0.300 e. The Kier molecular flexibility index (Phi) is 3.00. The molecule has 0 radical (unpaired) electrons. The van der Waals surface area contributed by atoms with Gasteiger partial charge in [-0.25, -0.2) is 0 Å². The summed E-state index contributed by atoms with van der Waals surface area (Å²) in [6.45, 7) is 1.24. The summed E-state index contributed by atoms with van der Waals surface area (Å²) in [4.78, 5) is 2.42. The van der Waals surface area contributed by atoms with Crippen LogP contribution in [0.1, 0.15) is 18.4 Å². The summed E-state index contributed by atoms with van der Waals surface area (Å²) in [6, 6.07) is 11.2. The minimum absolute atomic E-state index is 0.648. The number of likely N-dealkylation sites (N-methyl/N-ethyl adjacent to an activating group) is 1. The second kappa shape index (κ2) is 4.43. The zero-order valence-electron chi connectivity index (χ0n) is 8.69. The molecule has 1 aromatic carbocycles. The summed E-state index contributed by atoms with van der Waals surface area (Å²) in [6.07, 6.45) is 7.19. The van der Waals surface area contributed by atoms with E-state index >= 15 is 0 Å². The lowest BCUT2D eigenvalue weighted by Gasteiger charge is -2.14. The standard InChI is InChI=1S/C13H17N/c1-14-11-5-8-13(14)10-9-12-6-3-2-4-7-12/h2-4,6-7,9-10,13H,5,8,11H2,1H3/b10-9+/t13-/m0/s1. The normalized spacial score (nSPS) is 23.4. The smallest absolute Gasteiger partial charge is 0.0278 e. The first-order valence-corrected chi connectivity index (χ1v) is 5.30. The van der Waals surface area contributed by atoms with Crippen LogP contribution in [-0.4, -0.2) is 24.5 Å². The van der Waals surface area contributed by atoms with Crippen molar-refractivity contribution >= 4 is 6.08 Å². The highest BCUT2D eigenvalue weighted by Crippen LogP contribution is 2.16. The quantitative estimate of drug-likeness (QED) is 0.688. The van der Waals surface area contributed by atoms with E-state index in [4.69, 9.17) is 0 Å². The lowest BCUT2D eigenvalue weighted by Crippen LogP contribution is -2.22. The van der Waals surface area contributed by atoms with Crippen molar-refractivity contribution in [2.24, 2.45) is 0 Å². The molecule has 0 bridgehead atoms. The van der Waals surface area contributed by atoms with Crippen LogP contribution in [0.2, 0.25) is 0 Å². The highest BCUT2D eigenvalue weighted by molar-refractivity contribution is 5.49. The van der Waals surface area contributed by atoms with Crippen molar-refractivity contribution in [2.75, 3.05) is 13.6 Å². The zero-order chi connectivity index (χ0) is 9.80. The lowest BCUT2D eigenvalue weighted by atomic mass is 10.1. The van der Waals surface area contributed by atoms with Crippen LogP contribution in [0.5, 0.6) is 0 Å². The molecule has 1 aromatic rings. The van der Waals surface area contributed by atoms with Crippen LogP contribution < -0.4 is 0 Å². The van der Waals surface area contributed by atoms with Gasteiger partial charge < -0.3 is 0 Å². The topological polar surface area (TPSA) is 3.24 Å². The molecule has 1 fully saturated rings. The predicted molar refractivity (Wildman–Crippen MR) is 61.1 cm³/mol. The maximum absolute atomic E-state index is 2.42. The van der Waals surface area contributed by atoms with E-state index in [0.717, 1.165) is 0 Å². The van der Waals surface area contributed by atoms with Gasteiger partial charge in [-0.2, -0.15) is 0 Å². The van der Waals surface area contributed by atoms with Crippen LogP contribution in [-0.2, 0) is 0 Å². The van der Waals surface area contributed by atoms with E-state index in [-0.39, 0.29) is 0 Å². The van der Waals surface area contributed by atoms with Crippen molar-refractivity contribution in [3.8, 4) is 0 Å². The molecular weight excluding hydrogens is 170 g/mol. The first-order chi connectivity index (χ1) is 6.86. The summed E-state index contributed by atoms with van der Waals surface area (Å²) >= 11 is 0. The molecular formula is C13H17N. The molecule has 0 N–H and O–H groups in total. The first kappa shape index (κ1) is 9.47. The van der Waals surface area contributed by atoms with Crippen molar-refractivity contribution in [2.45, 2.75) is 18.9 Å². The molecule has 1 atom stereocenters. The van der Waals surface area contributed by atoms with Crippen LogP contribution in [0.3, 0.4) is 0 Å². The van der Waals surface area contributed by atoms with Gasteiger partial charge in [-0.15, -0.1) is 0 Å². The Hall–Kier alpha value is -1.08. The Morgan fingerprint density at radius 1 is 1.29 bits per heavy atom. The molecule has 1 aliphatic rings. The van der Waals surface area contributed by atoms with Crippen molar-refractivity contribution in [3.63, 3.8) is 0 Å². The fourth-order valence-corrected chi connectivity index (χ4v) is 1.97. The third-order valence-electron chi connectivity index (χ3n) is 2.89. The summed E-state index contributed by atoms with van der Waals surface area (Å²) in [7, 11) is 2.20. The van der Waals surface area contributed by atoms with E-state index in [1.165, 1.54) is 24.9 Å². The number of rotatable bonds is 2. The van der Waals surface area contributed by atoms with Gasteiger partial charge in [0.15, 0.2) is 0 Å². The molecule has 1 heteroatoms. The van der Waals surface area contributed by atoms with Gasteiger partial charge in [0.2, 0.25) is 0 Å². The molecule has 0 unspecified atom stereocenters. The van der Waals surface area contributed by atoms with E-state index in [0.29, 0.717) is 6.04 Å². The largest absolute Gasteiger partial charge is 0.300 e.